The molecule has 1 aliphatic rings. The summed E-state index contributed by atoms with van der Waals surface area (Å²) in [5.74, 6) is -0.0887. The molecule has 0 bridgehead atoms. The van der Waals surface area contributed by atoms with Crippen molar-refractivity contribution in [3.8, 4) is 10.6 Å². The molecule has 1 amide bonds. The van der Waals surface area contributed by atoms with E-state index in [1.165, 1.54) is 12.1 Å². The number of anilines is 1. The average molecular weight is 467 g/mol. The topological polar surface area (TPSA) is 104 Å². The van der Waals surface area contributed by atoms with Crippen LogP contribution in [0.5, 0.6) is 0 Å². The molecule has 0 saturated heterocycles. The normalized spacial score (nSPS) is 14.3. The summed E-state index contributed by atoms with van der Waals surface area (Å²) in [7, 11) is -3.64. The highest BCUT2D eigenvalue weighted by molar-refractivity contribution is 9.10. The van der Waals surface area contributed by atoms with Crippen LogP contribution in [0.2, 0.25) is 0 Å². The Morgan fingerprint density at radius 1 is 1.26 bits per heavy atom. The molecule has 0 atom stereocenters. The van der Waals surface area contributed by atoms with E-state index in [2.05, 4.69) is 36.2 Å². The minimum absolute atomic E-state index is 0.00403. The van der Waals surface area contributed by atoms with E-state index in [0.29, 0.717) is 10.3 Å². The van der Waals surface area contributed by atoms with Crippen molar-refractivity contribution in [3.63, 3.8) is 0 Å². The molecule has 2 heterocycles. The molecule has 140 valence electrons. The molecule has 3 aromatic rings. The number of sulfonamides is 1. The number of carbonyl (C=O) groups is 1. The molecule has 1 fully saturated rings. The highest BCUT2D eigenvalue weighted by Crippen LogP contribution is 2.27. The second-order valence-corrected chi connectivity index (χ2v) is 9.65. The fraction of sp³-hybridized carbons (Fsp3) is 0.176. The second kappa shape index (κ2) is 7.19. The molecule has 27 heavy (non-hydrogen) atoms. The van der Waals surface area contributed by atoms with Crippen molar-refractivity contribution in [1.29, 1.82) is 0 Å². The second-order valence-electron chi connectivity index (χ2n) is 6.14. The van der Waals surface area contributed by atoms with E-state index >= 15 is 0 Å². The van der Waals surface area contributed by atoms with Gasteiger partial charge >= 0.3 is 0 Å². The summed E-state index contributed by atoms with van der Waals surface area (Å²) in [6.45, 7) is 0. The lowest BCUT2D eigenvalue weighted by atomic mass is 10.2. The Balaban J connectivity index is 1.55. The highest BCUT2D eigenvalue weighted by Gasteiger charge is 2.28. The maximum absolute atomic E-state index is 12.6. The van der Waals surface area contributed by atoms with Crippen LogP contribution in [0.3, 0.4) is 0 Å². The van der Waals surface area contributed by atoms with Crippen LogP contribution in [-0.2, 0) is 10.0 Å². The summed E-state index contributed by atoms with van der Waals surface area (Å²) < 4.78 is 27.9. The number of nitrogens with one attached hydrogen (secondary N) is 3. The predicted molar refractivity (Wildman–Crippen MR) is 107 cm³/mol. The van der Waals surface area contributed by atoms with Gasteiger partial charge in [-0.2, -0.15) is 5.10 Å². The van der Waals surface area contributed by atoms with Crippen LogP contribution >= 0.6 is 27.3 Å². The zero-order valence-corrected chi connectivity index (χ0v) is 17.1. The number of carbonyl (C=O) groups excluding carboxylic acids is 1. The van der Waals surface area contributed by atoms with Crippen LogP contribution in [0.25, 0.3) is 10.6 Å². The molecule has 1 aliphatic carbocycles. The van der Waals surface area contributed by atoms with Gasteiger partial charge in [0.2, 0.25) is 10.0 Å². The summed E-state index contributed by atoms with van der Waals surface area (Å²) >= 11 is 4.86. The molecular formula is C17H15BrN4O3S2. The van der Waals surface area contributed by atoms with E-state index in [0.717, 1.165) is 23.4 Å². The zero-order valence-electron chi connectivity index (χ0n) is 13.9. The lowest BCUT2D eigenvalue weighted by Crippen LogP contribution is -2.26. The Morgan fingerprint density at radius 3 is 2.78 bits per heavy atom. The van der Waals surface area contributed by atoms with Gasteiger partial charge in [-0.05, 0) is 58.4 Å². The molecule has 1 aromatic carbocycles. The van der Waals surface area contributed by atoms with Crippen LogP contribution in [0, 0.1) is 0 Å². The smallest absolute Gasteiger partial charge is 0.258 e. The van der Waals surface area contributed by atoms with Crippen LogP contribution in [0.4, 0.5) is 5.82 Å². The largest absolute Gasteiger partial charge is 0.305 e. The molecule has 3 N–H and O–H groups in total. The molecule has 2 aromatic heterocycles. The molecule has 1 saturated carbocycles. The fourth-order valence-corrected chi connectivity index (χ4v) is 4.91. The lowest BCUT2D eigenvalue weighted by Gasteiger charge is -2.09. The Labute approximate surface area is 168 Å². The number of aromatic nitrogens is 2. The van der Waals surface area contributed by atoms with Crippen molar-refractivity contribution in [3.05, 3.63) is 51.8 Å². The van der Waals surface area contributed by atoms with E-state index in [9.17, 15) is 13.2 Å². The molecule has 10 heteroatoms. The van der Waals surface area contributed by atoms with Gasteiger partial charge in [0, 0.05) is 16.6 Å². The van der Waals surface area contributed by atoms with Crippen molar-refractivity contribution in [2.45, 2.75) is 23.8 Å². The molecule has 0 radical (unpaired) electrons. The molecule has 7 nitrogen and oxygen atoms in total. The van der Waals surface area contributed by atoms with Crippen LogP contribution in [0.1, 0.15) is 23.2 Å². The molecular weight excluding hydrogens is 452 g/mol. The van der Waals surface area contributed by atoms with Crippen molar-refractivity contribution in [1.82, 2.24) is 14.9 Å². The van der Waals surface area contributed by atoms with Gasteiger partial charge < -0.3 is 5.32 Å². The van der Waals surface area contributed by atoms with Gasteiger partial charge in [0.05, 0.1) is 21.0 Å². The minimum Gasteiger partial charge on any atom is -0.305 e. The Morgan fingerprint density at radius 2 is 2.07 bits per heavy atom. The number of hydrogen-bond acceptors (Lipinski definition) is 5. The van der Waals surface area contributed by atoms with Crippen LogP contribution in [-0.4, -0.2) is 30.6 Å². The zero-order chi connectivity index (χ0) is 19.0. The molecule has 0 spiro atoms. The Bertz CT molecular complexity index is 1090. The van der Waals surface area contributed by atoms with Gasteiger partial charge in [0.1, 0.15) is 0 Å². The maximum atomic E-state index is 12.6. The van der Waals surface area contributed by atoms with Crippen LogP contribution < -0.4 is 10.0 Å². The fourth-order valence-electron chi connectivity index (χ4n) is 2.46. The van der Waals surface area contributed by atoms with Crippen LogP contribution in [0.15, 0.2) is 51.1 Å². The first-order valence-electron chi connectivity index (χ1n) is 8.15. The average Bonchev–Trinajstić information content (AvgIpc) is 3.10. The molecule has 4 rings (SSSR count). The summed E-state index contributed by atoms with van der Waals surface area (Å²) in [6, 6.07) is 9.98. The first kappa shape index (κ1) is 18.4. The predicted octanol–water partition coefficient (Wildman–Crippen LogP) is 3.59. The summed E-state index contributed by atoms with van der Waals surface area (Å²) in [5.41, 5.74) is 1.01. The number of hydrogen-bond donors (Lipinski definition) is 3. The first-order valence-corrected chi connectivity index (χ1v) is 11.3. The van der Waals surface area contributed by atoms with Crippen molar-refractivity contribution in [2.24, 2.45) is 0 Å². The van der Waals surface area contributed by atoms with Gasteiger partial charge in [0.25, 0.3) is 5.91 Å². The van der Waals surface area contributed by atoms with Crippen molar-refractivity contribution < 1.29 is 13.2 Å². The van der Waals surface area contributed by atoms with Gasteiger partial charge in [0.15, 0.2) is 5.82 Å². The summed E-state index contributed by atoms with van der Waals surface area (Å²) in [6.07, 6.45) is 1.68. The third kappa shape index (κ3) is 4.13. The van der Waals surface area contributed by atoms with Gasteiger partial charge in [-0.25, -0.2) is 13.1 Å². The van der Waals surface area contributed by atoms with E-state index < -0.39 is 15.9 Å². The maximum Gasteiger partial charge on any atom is 0.258 e. The number of aromatic amines is 1. The number of amides is 1. The van der Waals surface area contributed by atoms with Gasteiger partial charge in [-0.15, -0.1) is 11.3 Å². The third-order valence-electron chi connectivity index (χ3n) is 4.00. The SMILES string of the molecule is O=C(Nc1cc(-c2cccs2)[nH]n1)c1cc(S(=O)(=O)NC2CC2)ccc1Br. The van der Waals surface area contributed by atoms with Gasteiger partial charge in [-0.1, -0.05) is 6.07 Å². The lowest BCUT2D eigenvalue weighted by molar-refractivity contribution is 0.102. The number of H-pyrrole nitrogens is 1. The Hall–Kier alpha value is -2.01. The molecule has 0 unspecified atom stereocenters. The third-order valence-corrected chi connectivity index (χ3v) is 7.11. The summed E-state index contributed by atoms with van der Waals surface area (Å²) in [4.78, 5) is 13.7. The van der Waals surface area contributed by atoms with E-state index in [1.54, 1.807) is 23.5 Å². The number of nitrogens with zero attached hydrogens (tertiary/aromatic N) is 1. The molecule has 0 aliphatic heterocycles. The standard InChI is InChI=1S/C17H15BrN4O3S2/c18-13-6-5-11(27(24,25)22-10-3-4-10)8-12(13)17(23)19-16-9-14(20-21-16)15-2-1-7-26-15/h1-2,5-10,22H,3-4H2,(H2,19,20,21,23). The van der Waals surface area contributed by atoms with Gasteiger partial charge in [-0.3, -0.25) is 9.89 Å². The number of thiophene rings is 1. The number of halogens is 1. The van der Waals surface area contributed by atoms with Crippen molar-refractivity contribution in [2.75, 3.05) is 5.32 Å². The number of benzene rings is 1. The quantitative estimate of drug-likeness (QED) is 0.516. The monoisotopic (exact) mass is 466 g/mol. The minimum atomic E-state index is -3.64. The van der Waals surface area contributed by atoms with Crippen molar-refractivity contribution >= 4 is 49.0 Å². The summed E-state index contributed by atoms with van der Waals surface area (Å²) in [5, 5.41) is 11.6. The van der Waals surface area contributed by atoms with E-state index in [4.69, 9.17) is 0 Å². The highest BCUT2D eigenvalue weighted by atomic mass is 79.9. The Kier molecular flexibility index (Phi) is 4.89. The van der Waals surface area contributed by atoms with E-state index in [-0.39, 0.29) is 16.5 Å². The van der Waals surface area contributed by atoms with E-state index in [1.807, 2.05) is 17.5 Å². The first-order chi connectivity index (χ1) is 12.9. The number of rotatable bonds is 6.